The molecule has 3 atom stereocenters. The van der Waals surface area contributed by atoms with Crippen LogP contribution in [0, 0.1) is 0 Å². The van der Waals surface area contributed by atoms with Crippen molar-refractivity contribution in [3.63, 3.8) is 0 Å². The van der Waals surface area contributed by atoms with E-state index in [1.54, 1.807) is 0 Å². The standard InChI is InChI=1S/C35H64NO10P/c1-3-5-7-9-11-13-14-15-16-17-18-19-21-22-24-26-33(37)43-28-31(29-44-47(41,42)45-30-32(36)35(39)40)46-34(38)27-25-23-20-12-10-8-6-4-2/h15-16,18-19,31-32H,3-14,17,20-30,36H2,1-2H3,(H,39,40)(H,41,42)/b16-15+,19-18+/t31-,32+/m0/s1. The van der Waals surface area contributed by atoms with Gasteiger partial charge in [-0.2, -0.15) is 0 Å². The van der Waals surface area contributed by atoms with Gasteiger partial charge in [0.25, 0.3) is 0 Å². The van der Waals surface area contributed by atoms with E-state index in [9.17, 15) is 23.8 Å². The molecule has 11 nitrogen and oxygen atoms in total. The van der Waals surface area contributed by atoms with E-state index in [2.05, 4.69) is 42.7 Å². The van der Waals surface area contributed by atoms with Crippen molar-refractivity contribution in [1.82, 2.24) is 0 Å². The summed E-state index contributed by atoms with van der Waals surface area (Å²) in [5, 5.41) is 8.83. The number of phosphoric ester groups is 1. The molecule has 12 heteroatoms. The van der Waals surface area contributed by atoms with Crippen LogP contribution >= 0.6 is 7.82 Å². The van der Waals surface area contributed by atoms with Gasteiger partial charge in [-0.05, 0) is 44.9 Å². The molecule has 0 heterocycles. The molecule has 0 aromatic rings. The van der Waals surface area contributed by atoms with E-state index >= 15 is 0 Å². The van der Waals surface area contributed by atoms with Gasteiger partial charge in [-0.15, -0.1) is 0 Å². The number of allylic oxidation sites excluding steroid dienone is 4. The van der Waals surface area contributed by atoms with Crippen LogP contribution in [0.15, 0.2) is 24.3 Å². The third-order valence-electron chi connectivity index (χ3n) is 7.45. The highest BCUT2D eigenvalue weighted by Gasteiger charge is 2.28. The quantitative estimate of drug-likeness (QED) is 0.0262. The summed E-state index contributed by atoms with van der Waals surface area (Å²) in [6.45, 7) is 2.69. The number of nitrogens with two attached hydrogens (primary N) is 1. The first kappa shape index (κ1) is 45.0. The number of hydrogen-bond donors (Lipinski definition) is 3. The first-order chi connectivity index (χ1) is 22.6. The molecule has 0 saturated carbocycles. The molecule has 0 aromatic carbocycles. The lowest BCUT2D eigenvalue weighted by Crippen LogP contribution is -2.34. The fraction of sp³-hybridized carbons (Fsp3) is 0.800. The fourth-order valence-corrected chi connectivity index (χ4v) is 5.34. The SMILES string of the molecule is CCCCCCCC/C=C/C/C=C/CCCCC(=O)OC[C@@H](COP(=O)(O)OC[C@@H](N)C(=O)O)OC(=O)CCCCCCCCCC. The summed E-state index contributed by atoms with van der Waals surface area (Å²) in [7, 11) is -4.70. The maximum Gasteiger partial charge on any atom is 0.472 e. The second-order valence-corrected chi connectivity index (χ2v) is 13.5. The molecule has 0 aliphatic heterocycles. The average molecular weight is 690 g/mol. The maximum absolute atomic E-state index is 12.4. The number of aliphatic carboxylic acids is 1. The molecule has 0 amide bonds. The zero-order valence-corrected chi connectivity index (χ0v) is 30.0. The van der Waals surface area contributed by atoms with Crippen molar-refractivity contribution < 1.29 is 47.5 Å². The van der Waals surface area contributed by atoms with Crippen molar-refractivity contribution in [1.29, 1.82) is 0 Å². The third kappa shape index (κ3) is 31.0. The van der Waals surface area contributed by atoms with Gasteiger partial charge in [0.1, 0.15) is 12.6 Å². The summed E-state index contributed by atoms with van der Waals surface area (Å²) < 4.78 is 32.4. The van der Waals surface area contributed by atoms with Gasteiger partial charge in [0, 0.05) is 12.8 Å². The normalized spacial score (nSPS) is 14.3. The van der Waals surface area contributed by atoms with Crippen LogP contribution in [0.5, 0.6) is 0 Å². The van der Waals surface area contributed by atoms with Gasteiger partial charge in [0.2, 0.25) is 0 Å². The number of carboxylic acid groups (broad SMARTS) is 1. The summed E-state index contributed by atoms with van der Waals surface area (Å²) >= 11 is 0. The van der Waals surface area contributed by atoms with E-state index in [0.29, 0.717) is 12.8 Å². The maximum atomic E-state index is 12.4. The zero-order valence-electron chi connectivity index (χ0n) is 29.1. The summed E-state index contributed by atoms with van der Waals surface area (Å²) in [6.07, 6.45) is 28.5. The number of ether oxygens (including phenoxy) is 2. The predicted molar refractivity (Wildman–Crippen MR) is 185 cm³/mol. The number of esters is 2. The molecule has 0 aliphatic rings. The lowest BCUT2D eigenvalue weighted by atomic mass is 10.1. The number of carbonyl (C=O) groups is 3. The molecule has 274 valence electrons. The van der Waals surface area contributed by atoms with Crippen LogP contribution in [0.3, 0.4) is 0 Å². The lowest BCUT2D eigenvalue weighted by molar-refractivity contribution is -0.161. The first-order valence-corrected chi connectivity index (χ1v) is 19.4. The Morgan fingerprint density at radius 1 is 0.660 bits per heavy atom. The molecule has 47 heavy (non-hydrogen) atoms. The Hall–Kier alpha value is -2.04. The molecule has 0 spiro atoms. The van der Waals surface area contributed by atoms with Crippen molar-refractivity contribution in [2.45, 2.75) is 161 Å². The van der Waals surface area contributed by atoms with Crippen molar-refractivity contribution in [3.05, 3.63) is 24.3 Å². The highest BCUT2D eigenvalue weighted by Crippen LogP contribution is 2.43. The van der Waals surface area contributed by atoms with E-state index < -0.39 is 51.1 Å². The molecule has 0 aromatic heterocycles. The van der Waals surface area contributed by atoms with Gasteiger partial charge in [-0.1, -0.05) is 115 Å². The summed E-state index contributed by atoms with van der Waals surface area (Å²) in [5.41, 5.74) is 5.29. The topological polar surface area (TPSA) is 172 Å². The first-order valence-electron chi connectivity index (χ1n) is 17.9. The van der Waals surface area contributed by atoms with Crippen molar-refractivity contribution in [3.8, 4) is 0 Å². The minimum atomic E-state index is -4.70. The minimum absolute atomic E-state index is 0.155. The van der Waals surface area contributed by atoms with Crippen molar-refractivity contribution in [2.24, 2.45) is 5.73 Å². The number of rotatable bonds is 33. The Balaban J connectivity index is 4.48. The Morgan fingerprint density at radius 2 is 1.13 bits per heavy atom. The predicted octanol–water partition coefficient (Wildman–Crippen LogP) is 8.33. The highest BCUT2D eigenvalue weighted by atomic mass is 31.2. The summed E-state index contributed by atoms with van der Waals surface area (Å²) in [4.78, 5) is 45.5. The molecule has 0 saturated heterocycles. The lowest BCUT2D eigenvalue weighted by Gasteiger charge is -2.20. The van der Waals surface area contributed by atoms with Gasteiger partial charge in [0.15, 0.2) is 6.10 Å². The van der Waals surface area contributed by atoms with Crippen LogP contribution in [0.2, 0.25) is 0 Å². The van der Waals surface area contributed by atoms with Gasteiger partial charge in [0.05, 0.1) is 13.2 Å². The number of unbranched alkanes of at least 4 members (excludes halogenated alkanes) is 15. The number of carboxylic acids is 1. The van der Waals surface area contributed by atoms with Crippen molar-refractivity contribution in [2.75, 3.05) is 19.8 Å². The Morgan fingerprint density at radius 3 is 1.70 bits per heavy atom. The van der Waals surface area contributed by atoms with Crippen LogP contribution < -0.4 is 5.73 Å². The van der Waals surface area contributed by atoms with Crippen LogP contribution in [0.1, 0.15) is 149 Å². The molecule has 1 unspecified atom stereocenters. The van der Waals surface area contributed by atoms with Crippen LogP contribution in [-0.2, 0) is 37.5 Å². The van der Waals surface area contributed by atoms with E-state index in [-0.39, 0.29) is 19.4 Å². The Bertz CT molecular complexity index is 911. The Labute approximate surface area is 283 Å². The number of hydrogen-bond acceptors (Lipinski definition) is 9. The van der Waals surface area contributed by atoms with E-state index in [0.717, 1.165) is 44.9 Å². The molecular weight excluding hydrogens is 625 g/mol. The number of carbonyl (C=O) groups excluding carboxylic acids is 2. The second-order valence-electron chi connectivity index (χ2n) is 12.0. The monoisotopic (exact) mass is 689 g/mol. The van der Waals surface area contributed by atoms with Gasteiger partial charge < -0.3 is 25.2 Å². The van der Waals surface area contributed by atoms with Crippen LogP contribution in [0.25, 0.3) is 0 Å². The molecular formula is C35H64NO10P. The van der Waals surface area contributed by atoms with Gasteiger partial charge in [-0.3, -0.25) is 23.4 Å². The third-order valence-corrected chi connectivity index (χ3v) is 8.40. The van der Waals surface area contributed by atoms with E-state index in [1.807, 2.05) is 0 Å². The molecule has 0 fully saturated rings. The van der Waals surface area contributed by atoms with Crippen molar-refractivity contribution >= 4 is 25.7 Å². The smallest absolute Gasteiger partial charge is 0.472 e. The molecule has 0 rings (SSSR count). The molecule has 0 radical (unpaired) electrons. The summed E-state index contributed by atoms with van der Waals surface area (Å²) in [6, 6.07) is -1.52. The molecule has 4 N–H and O–H groups in total. The fourth-order valence-electron chi connectivity index (χ4n) is 4.56. The van der Waals surface area contributed by atoms with Gasteiger partial charge in [-0.25, -0.2) is 4.57 Å². The Kier molecular flexibility index (Phi) is 29.9. The zero-order chi connectivity index (χ0) is 35.0. The van der Waals surface area contributed by atoms with Crippen LogP contribution in [0.4, 0.5) is 0 Å². The number of phosphoric acid groups is 1. The van der Waals surface area contributed by atoms with E-state index in [4.69, 9.17) is 24.8 Å². The largest absolute Gasteiger partial charge is 0.480 e. The average Bonchev–Trinajstić information content (AvgIpc) is 3.04. The highest BCUT2D eigenvalue weighted by molar-refractivity contribution is 7.47. The second kappa shape index (κ2) is 31.2. The van der Waals surface area contributed by atoms with E-state index in [1.165, 1.54) is 64.2 Å². The minimum Gasteiger partial charge on any atom is -0.480 e. The van der Waals surface area contributed by atoms with Crippen LogP contribution in [-0.4, -0.2) is 59.9 Å². The molecule has 0 bridgehead atoms. The molecule has 0 aliphatic carbocycles. The summed E-state index contributed by atoms with van der Waals surface area (Å²) in [5.74, 6) is -2.43. The van der Waals surface area contributed by atoms with Gasteiger partial charge >= 0.3 is 25.7 Å².